The molecule has 3 fully saturated rings. The van der Waals surface area contributed by atoms with Gasteiger partial charge in [0.15, 0.2) is 0 Å². The smallest absolute Gasteiger partial charge is 0.306 e. The number of esters is 1. The average Bonchev–Trinajstić information content (AvgIpc) is 2.73. The first-order valence-electron chi connectivity index (χ1n) is 8.13. The number of fused-ring (bicyclic) bond motifs is 3. The van der Waals surface area contributed by atoms with Crippen molar-refractivity contribution in [3.05, 3.63) is 0 Å². The van der Waals surface area contributed by atoms with Crippen molar-refractivity contribution in [2.45, 2.75) is 79.2 Å². The summed E-state index contributed by atoms with van der Waals surface area (Å²) in [6.07, 6.45) is 7.21. The lowest BCUT2D eigenvalue weighted by Crippen LogP contribution is -2.51. The maximum absolute atomic E-state index is 11.6. The highest BCUT2D eigenvalue weighted by atomic mass is 16.5. The Morgan fingerprint density at radius 2 is 1.79 bits per heavy atom. The topological polar surface area (TPSA) is 26.3 Å². The van der Waals surface area contributed by atoms with E-state index in [1.807, 2.05) is 13.8 Å². The Hall–Kier alpha value is -0.530. The Kier molecular flexibility index (Phi) is 3.99. The van der Waals surface area contributed by atoms with Gasteiger partial charge in [-0.05, 0) is 42.4 Å². The molecule has 0 N–H and O–H groups in total. The van der Waals surface area contributed by atoms with Crippen LogP contribution in [0.4, 0.5) is 0 Å². The molecule has 1 aliphatic heterocycles. The van der Waals surface area contributed by atoms with Gasteiger partial charge < -0.3 is 4.74 Å². The maximum Gasteiger partial charge on any atom is 0.306 e. The lowest BCUT2D eigenvalue weighted by Gasteiger charge is -2.57. The fraction of sp³-hybridized carbons (Fsp3) is 0.941. The first-order chi connectivity index (χ1) is 8.93. The highest BCUT2D eigenvalue weighted by Gasteiger charge is 2.57. The van der Waals surface area contributed by atoms with E-state index in [-0.39, 0.29) is 12.1 Å². The van der Waals surface area contributed by atoms with Gasteiger partial charge in [0.25, 0.3) is 0 Å². The zero-order valence-electron chi connectivity index (χ0n) is 13.3. The molecule has 0 radical (unpaired) electrons. The molecular formula is C17H30O2. The summed E-state index contributed by atoms with van der Waals surface area (Å²) in [5.41, 5.74) is 0.792. The molecule has 1 saturated heterocycles. The predicted octanol–water partition coefficient (Wildman–Crippen LogP) is 4.57. The molecule has 0 aromatic rings. The third-order valence-corrected chi connectivity index (χ3v) is 5.98. The largest absolute Gasteiger partial charge is 0.462 e. The third-order valence-electron chi connectivity index (χ3n) is 5.98. The molecule has 3 aliphatic rings. The molecule has 0 aromatic carbocycles. The van der Waals surface area contributed by atoms with E-state index in [1.165, 1.54) is 25.7 Å². The van der Waals surface area contributed by atoms with Crippen LogP contribution in [-0.2, 0) is 9.53 Å². The van der Waals surface area contributed by atoms with Gasteiger partial charge >= 0.3 is 5.97 Å². The summed E-state index contributed by atoms with van der Waals surface area (Å²) in [6.45, 7) is 11.3. The van der Waals surface area contributed by atoms with Crippen LogP contribution in [0, 0.1) is 22.7 Å². The van der Waals surface area contributed by atoms with Gasteiger partial charge in [0.05, 0.1) is 6.42 Å². The van der Waals surface area contributed by atoms with Crippen molar-refractivity contribution < 1.29 is 9.53 Å². The van der Waals surface area contributed by atoms with Gasteiger partial charge in [0.1, 0.15) is 6.10 Å². The number of ether oxygens (including phenoxy) is 1. The minimum atomic E-state index is 0.0465. The molecule has 110 valence electrons. The van der Waals surface area contributed by atoms with Crippen molar-refractivity contribution >= 4 is 5.97 Å². The number of rotatable bonds is 0. The molecule has 0 aromatic heterocycles. The van der Waals surface area contributed by atoms with E-state index < -0.39 is 0 Å². The van der Waals surface area contributed by atoms with Gasteiger partial charge in [-0.3, -0.25) is 4.79 Å². The van der Waals surface area contributed by atoms with Crippen LogP contribution in [-0.4, -0.2) is 12.1 Å². The molecule has 0 amide bonds. The monoisotopic (exact) mass is 266 g/mol. The summed E-state index contributed by atoms with van der Waals surface area (Å²) < 4.78 is 5.51. The second-order valence-corrected chi connectivity index (χ2v) is 7.32. The zero-order chi connectivity index (χ0) is 14.3. The van der Waals surface area contributed by atoms with Crippen LogP contribution in [0.15, 0.2) is 0 Å². The van der Waals surface area contributed by atoms with E-state index in [9.17, 15) is 4.79 Å². The van der Waals surface area contributed by atoms with Crippen molar-refractivity contribution in [1.29, 1.82) is 0 Å². The molecular weight excluding hydrogens is 236 g/mol. The first-order valence-corrected chi connectivity index (χ1v) is 8.13. The Balaban J connectivity index is 0.000000637. The zero-order valence-corrected chi connectivity index (χ0v) is 13.3. The Morgan fingerprint density at radius 1 is 1.11 bits per heavy atom. The fourth-order valence-electron chi connectivity index (χ4n) is 5.19. The van der Waals surface area contributed by atoms with E-state index in [0.29, 0.717) is 23.2 Å². The van der Waals surface area contributed by atoms with Gasteiger partial charge in [0, 0.05) is 5.92 Å². The van der Waals surface area contributed by atoms with Crippen molar-refractivity contribution in [3.8, 4) is 0 Å². The Labute approximate surface area is 118 Å². The highest BCUT2D eigenvalue weighted by Crippen LogP contribution is 2.62. The molecule has 2 aliphatic carbocycles. The SMILES string of the molecule is CC.CC1(C)CCCC2(C)C3CC(=O)OC3CCC12. The standard InChI is InChI=1S/C15H24O2.C2H6/c1-14(2)7-4-8-15(3)10-9-13(16)17-11(10)5-6-12(14)15;1-2/h10-12H,4-9H2,1-3H3;1-2H3. The summed E-state index contributed by atoms with van der Waals surface area (Å²) >= 11 is 0. The molecule has 4 unspecified atom stereocenters. The van der Waals surface area contributed by atoms with Crippen molar-refractivity contribution in [2.75, 3.05) is 0 Å². The van der Waals surface area contributed by atoms with Gasteiger partial charge in [0.2, 0.25) is 0 Å². The quantitative estimate of drug-likeness (QED) is 0.600. The number of hydrogen-bond donors (Lipinski definition) is 0. The molecule has 1 heterocycles. The van der Waals surface area contributed by atoms with Crippen LogP contribution in [0.5, 0.6) is 0 Å². The first kappa shape index (κ1) is 14.9. The van der Waals surface area contributed by atoms with Crippen molar-refractivity contribution in [2.24, 2.45) is 22.7 Å². The summed E-state index contributed by atoms with van der Waals surface area (Å²) in [5.74, 6) is 1.32. The maximum atomic E-state index is 11.6. The Bertz CT molecular complexity index is 347. The normalized spacial score (nSPS) is 43.4. The van der Waals surface area contributed by atoms with E-state index in [2.05, 4.69) is 20.8 Å². The third kappa shape index (κ3) is 2.32. The minimum Gasteiger partial charge on any atom is -0.462 e. The molecule has 4 atom stereocenters. The van der Waals surface area contributed by atoms with Crippen LogP contribution in [0.1, 0.15) is 73.1 Å². The number of carbonyl (C=O) groups excluding carboxylic acids is 1. The van der Waals surface area contributed by atoms with Crippen LogP contribution in [0.25, 0.3) is 0 Å². The van der Waals surface area contributed by atoms with E-state index >= 15 is 0 Å². The lowest BCUT2D eigenvalue weighted by atomic mass is 9.48. The summed E-state index contributed by atoms with van der Waals surface area (Å²) in [7, 11) is 0. The highest BCUT2D eigenvalue weighted by molar-refractivity contribution is 5.72. The molecule has 19 heavy (non-hydrogen) atoms. The summed E-state index contributed by atoms with van der Waals surface area (Å²) in [4.78, 5) is 11.6. The number of hydrogen-bond acceptors (Lipinski definition) is 2. The molecule has 0 bridgehead atoms. The molecule has 2 nitrogen and oxygen atoms in total. The summed E-state index contributed by atoms with van der Waals surface area (Å²) in [6, 6.07) is 0. The van der Waals surface area contributed by atoms with Gasteiger partial charge in [-0.15, -0.1) is 0 Å². The number of carbonyl (C=O) groups is 1. The Morgan fingerprint density at radius 3 is 2.47 bits per heavy atom. The van der Waals surface area contributed by atoms with E-state index in [0.717, 1.165) is 12.3 Å². The van der Waals surface area contributed by atoms with Crippen molar-refractivity contribution in [1.82, 2.24) is 0 Å². The second-order valence-electron chi connectivity index (χ2n) is 7.32. The van der Waals surface area contributed by atoms with Gasteiger partial charge in [-0.2, -0.15) is 0 Å². The molecule has 0 spiro atoms. The van der Waals surface area contributed by atoms with Crippen molar-refractivity contribution in [3.63, 3.8) is 0 Å². The molecule has 3 rings (SSSR count). The average molecular weight is 266 g/mol. The molecule has 2 saturated carbocycles. The summed E-state index contributed by atoms with van der Waals surface area (Å²) in [5, 5.41) is 0. The fourth-order valence-corrected chi connectivity index (χ4v) is 5.19. The van der Waals surface area contributed by atoms with E-state index in [4.69, 9.17) is 4.74 Å². The van der Waals surface area contributed by atoms with Crippen LogP contribution >= 0.6 is 0 Å². The van der Waals surface area contributed by atoms with Crippen LogP contribution in [0.3, 0.4) is 0 Å². The van der Waals surface area contributed by atoms with E-state index in [1.54, 1.807) is 0 Å². The van der Waals surface area contributed by atoms with Crippen LogP contribution in [0.2, 0.25) is 0 Å². The van der Waals surface area contributed by atoms with Gasteiger partial charge in [-0.1, -0.05) is 41.0 Å². The lowest BCUT2D eigenvalue weighted by molar-refractivity contribution is -0.145. The van der Waals surface area contributed by atoms with Crippen LogP contribution < -0.4 is 0 Å². The second kappa shape index (κ2) is 5.10. The minimum absolute atomic E-state index is 0.0465. The predicted molar refractivity (Wildman–Crippen MR) is 77.8 cm³/mol. The van der Waals surface area contributed by atoms with Gasteiger partial charge in [-0.25, -0.2) is 0 Å². The molecule has 2 heteroatoms.